The highest BCUT2D eigenvalue weighted by molar-refractivity contribution is 5.74. The number of hydrogen-bond donors (Lipinski definition) is 1. The Labute approximate surface area is 127 Å². The van der Waals surface area contributed by atoms with Crippen LogP contribution in [-0.2, 0) is 9.53 Å². The summed E-state index contributed by atoms with van der Waals surface area (Å²) >= 11 is 0. The molecule has 0 aliphatic carbocycles. The molecule has 2 unspecified atom stereocenters. The van der Waals surface area contributed by atoms with Crippen LogP contribution >= 0.6 is 0 Å². The van der Waals surface area contributed by atoms with Crippen molar-refractivity contribution in [1.29, 1.82) is 0 Å². The van der Waals surface area contributed by atoms with Gasteiger partial charge < -0.3 is 19.6 Å². The van der Waals surface area contributed by atoms with Gasteiger partial charge in [0, 0.05) is 39.7 Å². The molecule has 1 rings (SSSR count). The molecule has 0 spiro atoms. The summed E-state index contributed by atoms with van der Waals surface area (Å²) in [7, 11) is 1.78. The van der Waals surface area contributed by atoms with E-state index in [2.05, 4.69) is 0 Å². The van der Waals surface area contributed by atoms with Crippen LogP contribution in [0, 0.1) is 11.8 Å². The van der Waals surface area contributed by atoms with E-state index in [9.17, 15) is 9.59 Å². The number of hydrogen-bond acceptors (Lipinski definition) is 3. The van der Waals surface area contributed by atoms with Gasteiger partial charge in [0.15, 0.2) is 0 Å². The Balaban J connectivity index is 2.47. The minimum absolute atomic E-state index is 0.0157. The summed E-state index contributed by atoms with van der Waals surface area (Å²) in [5.74, 6) is -0.384. The average Bonchev–Trinajstić information content (AvgIpc) is 2.46. The van der Waals surface area contributed by atoms with E-state index >= 15 is 0 Å². The second kappa shape index (κ2) is 8.87. The third kappa shape index (κ3) is 5.91. The van der Waals surface area contributed by atoms with Gasteiger partial charge in [-0.25, -0.2) is 4.79 Å². The van der Waals surface area contributed by atoms with Crippen molar-refractivity contribution in [3.05, 3.63) is 0 Å². The molecule has 2 amide bonds. The highest BCUT2D eigenvalue weighted by Gasteiger charge is 2.29. The molecule has 0 aromatic rings. The maximum Gasteiger partial charge on any atom is 0.319 e. The second-order valence-electron chi connectivity index (χ2n) is 5.82. The number of urea groups is 1. The number of carbonyl (C=O) groups excluding carboxylic acids is 1. The smallest absolute Gasteiger partial charge is 0.319 e. The lowest BCUT2D eigenvalue weighted by molar-refractivity contribution is -0.138. The summed E-state index contributed by atoms with van der Waals surface area (Å²) < 4.78 is 5.27. The number of aliphatic carboxylic acids is 1. The van der Waals surface area contributed by atoms with E-state index in [1.54, 1.807) is 11.9 Å². The van der Waals surface area contributed by atoms with Gasteiger partial charge in [-0.05, 0) is 31.6 Å². The summed E-state index contributed by atoms with van der Waals surface area (Å²) in [4.78, 5) is 26.7. The number of ether oxygens (including phenoxy) is 1. The van der Waals surface area contributed by atoms with Crippen molar-refractivity contribution in [3.63, 3.8) is 0 Å². The molecule has 1 saturated heterocycles. The number of nitrogens with zero attached hydrogens (tertiary/aromatic N) is 2. The standard InChI is InChI=1S/C15H28N2O4/c1-4-21-9-8-16(3)15(20)17-7-5-6-13(11-17)12(2)10-14(18)19/h12-13H,4-11H2,1-3H3,(H,18,19). The fraction of sp³-hybridized carbons (Fsp3) is 0.867. The number of carboxylic acid groups (broad SMARTS) is 1. The van der Waals surface area contributed by atoms with Crippen molar-refractivity contribution < 1.29 is 19.4 Å². The number of likely N-dealkylation sites (tertiary alicyclic amines) is 1. The molecule has 21 heavy (non-hydrogen) atoms. The van der Waals surface area contributed by atoms with Gasteiger partial charge in [-0.2, -0.15) is 0 Å². The van der Waals surface area contributed by atoms with Crippen LogP contribution < -0.4 is 0 Å². The van der Waals surface area contributed by atoms with Crippen molar-refractivity contribution in [2.75, 3.05) is 39.9 Å². The molecule has 122 valence electrons. The van der Waals surface area contributed by atoms with Crippen LogP contribution in [0.1, 0.15) is 33.1 Å². The molecule has 0 aromatic carbocycles. The van der Waals surface area contributed by atoms with Gasteiger partial charge in [0.1, 0.15) is 0 Å². The van der Waals surface area contributed by atoms with Crippen LogP contribution in [-0.4, -0.2) is 66.8 Å². The monoisotopic (exact) mass is 300 g/mol. The zero-order chi connectivity index (χ0) is 15.8. The summed E-state index contributed by atoms with van der Waals surface area (Å²) in [5, 5.41) is 8.90. The number of piperidine rings is 1. The summed E-state index contributed by atoms with van der Waals surface area (Å²) in [5.41, 5.74) is 0. The minimum Gasteiger partial charge on any atom is -0.481 e. The predicted octanol–water partition coefficient (Wildman–Crippen LogP) is 1.90. The van der Waals surface area contributed by atoms with E-state index in [-0.39, 0.29) is 24.3 Å². The SMILES string of the molecule is CCOCCN(C)C(=O)N1CCCC(C(C)CC(=O)O)C1. The van der Waals surface area contributed by atoms with Crippen molar-refractivity contribution >= 4 is 12.0 Å². The maximum atomic E-state index is 12.4. The van der Waals surface area contributed by atoms with Crippen molar-refractivity contribution in [2.45, 2.75) is 33.1 Å². The molecule has 1 fully saturated rings. The lowest BCUT2D eigenvalue weighted by Gasteiger charge is -2.37. The highest BCUT2D eigenvalue weighted by Crippen LogP contribution is 2.26. The van der Waals surface area contributed by atoms with Gasteiger partial charge in [-0.3, -0.25) is 4.79 Å². The van der Waals surface area contributed by atoms with Gasteiger partial charge >= 0.3 is 12.0 Å². The summed E-state index contributed by atoms with van der Waals surface area (Å²) in [6.07, 6.45) is 2.12. The molecule has 2 atom stereocenters. The molecule has 0 bridgehead atoms. The molecule has 1 N–H and O–H groups in total. The zero-order valence-electron chi connectivity index (χ0n) is 13.4. The van der Waals surface area contributed by atoms with Gasteiger partial charge in [-0.1, -0.05) is 6.92 Å². The Bertz CT molecular complexity index is 349. The van der Waals surface area contributed by atoms with E-state index in [1.807, 2.05) is 18.7 Å². The maximum absolute atomic E-state index is 12.4. The molecule has 6 nitrogen and oxygen atoms in total. The van der Waals surface area contributed by atoms with E-state index < -0.39 is 5.97 Å². The third-order valence-electron chi connectivity index (χ3n) is 4.13. The third-order valence-corrected chi connectivity index (χ3v) is 4.13. The van der Waals surface area contributed by atoms with Gasteiger partial charge in [-0.15, -0.1) is 0 Å². The van der Waals surface area contributed by atoms with Crippen LogP contribution in [0.3, 0.4) is 0 Å². The molecule has 0 saturated carbocycles. The van der Waals surface area contributed by atoms with Gasteiger partial charge in [0.05, 0.1) is 6.61 Å². The molecular formula is C15H28N2O4. The number of amides is 2. The molecular weight excluding hydrogens is 272 g/mol. The van der Waals surface area contributed by atoms with E-state index in [0.29, 0.717) is 26.3 Å². The summed E-state index contributed by atoms with van der Waals surface area (Å²) in [6.45, 7) is 7.09. The van der Waals surface area contributed by atoms with E-state index in [1.165, 1.54) is 0 Å². The Morgan fingerprint density at radius 3 is 2.81 bits per heavy atom. The van der Waals surface area contributed by atoms with Crippen molar-refractivity contribution in [2.24, 2.45) is 11.8 Å². The van der Waals surface area contributed by atoms with Crippen molar-refractivity contribution in [1.82, 2.24) is 9.80 Å². The molecule has 0 radical (unpaired) electrons. The largest absolute Gasteiger partial charge is 0.481 e. The minimum atomic E-state index is -0.764. The molecule has 6 heteroatoms. The number of carbonyl (C=O) groups is 2. The van der Waals surface area contributed by atoms with Gasteiger partial charge in [0.25, 0.3) is 0 Å². The molecule has 0 aromatic heterocycles. The van der Waals surface area contributed by atoms with Gasteiger partial charge in [0.2, 0.25) is 0 Å². The quantitative estimate of drug-likeness (QED) is 0.729. The first-order valence-electron chi connectivity index (χ1n) is 7.75. The Morgan fingerprint density at radius 2 is 2.19 bits per heavy atom. The highest BCUT2D eigenvalue weighted by atomic mass is 16.5. The number of carboxylic acids is 1. The molecule has 1 aliphatic rings. The molecule has 1 aliphatic heterocycles. The Hall–Kier alpha value is -1.30. The van der Waals surface area contributed by atoms with Crippen LogP contribution in [0.15, 0.2) is 0 Å². The first kappa shape index (κ1) is 17.8. The fourth-order valence-corrected chi connectivity index (χ4v) is 2.77. The van der Waals surface area contributed by atoms with Crippen LogP contribution in [0.5, 0.6) is 0 Å². The van der Waals surface area contributed by atoms with E-state index in [4.69, 9.17) is 9.84 Å². The van der Waals surface area contributed by atoms with Crippen LogP contribution in [0.25, 0.3) is 0 Å². The zero-order valence-corrected chi connectivity index (χ0v) is 13.4. The topological polar surface area (TPSA) is 70.1 Å². The summed E-state index contributed by atoms with van der Waals surface area (Å²) in [6, 6.07) is 0.0157. The van der Waals surface area contributed by atoms with Crippen molar-refractivity contribution in [3.8, 4) is 0 Å². The average molecular weight is 300 g/mol. The lowest BCUT2D eigenvalue weighted by atomic mass is 9.85. The Kier molecular flexibility index (Phi) is 7.50. The normalized spacial score (nSPS) is 20.1. The first-order chi connectivity index (χ1) is 9.95. The first-order valence-corrected chi connectivity index (χ1v) is 7.75. The Morgan fingerprint density at radius 1 is 1.48 bits per heavy atom. The second-order valence-corrected chi connectivity index (χ2v) is 5.82. The van der Waals surface area contributed by atoms with Crippen LogP contribution in [0.2, 0.25) is 0 Å². The van der Waals surface area contributed by atoms with E-state index in [0.717, 1.165) is 19.4 Å². The number of likely N-dealkylation sites (N-methyl/N-ethyl adjacent to an activating group) is 1. The van der Waals surface area contributed by atoms with Crippen LogP contribution in [0.4, 0.5) is 4.79 Å². The number of rotatable bonds is 7. The lowest BCUT2D eigenvalue weighted by Crippen LogP contribution is -2.48. The molecule has 1 heterocycles. The predicted molar refractivity (Wildman–Crippen MR) is 80.2 cm³/mol. The fourth-order valence-electron chi connectivity index (χ4n) is 2.77.